The Balaban J connectivity index is 0.976. The number of carbonyl (C=O) groups is 2. The smallest absolute Gasteiger partial charge is 0.411 e. The Kier molecular flexibility index (Phi) is 11.8. The van der Waals surface area contributed by atoms with E-state index >= 15 is 0 Å². The molecule has 0 unspecified atom stereocenters. The monoisotopic (exact) mass is 719 g/mol. The number of anilines is 2. The van der Waals surface area contributed by atoms with Gasteiger partial charge >= 0.3 is 6.09 Å². The molecule has 3 aromatic carbocycles. The number of nitrogens with one attached hydrogen (secondary N) is 4. The van der Waals surface area contributed by atoms with Gasteiger partial charge < -0.3 is 35.1 Å². The average Bonchev–Trinajstić information content (AvgIpc) is 3.14. The number of phenols is 1. The first-order chi connectivity index (χ1) is 25.5. The van der Waals surface area contributed by atoms with Crippen molar-refractivity contribution < 1.29 is 29.0 Å². The van der Waals surface area contributed by atoms with Gasteiger partial charge in [0, 0.05) is 55.6 Å². The number of nitrogens with zero attached hydrogens (tertiary/aromatic N) is 2. The van der Waals surface area contributed by atoms with Gasteiger partial charge in [-0.2, -0.15) is 0 Å². The van der Waals surface area contributed by atoms with Gasteiger partial charge in [-0.1, -0.05) is 54.6 Å². The molecular weight excluding hydrogens is 672 g/mol. The molecule has 1 saturated heterocycles. The van der Waals surface area contributed by atoms with Crippen LogP contribution in [0.3, 0.4) is 0 Å². The lowest BCUT2D eigenvalue weighted by Crippen LogP contribution is -2.48. The summed E-state index contributed by atoms with van der Waals surface area (Å²) in [7, 11) is 4.38. The van der Waals surface area contributed by atoms with Crippen molar-refractivity contribution in [3.05, 3.63) is 118 Å². The summed E-state index contributed by atoms with van der Waals surface area (Å²) >= 11 is 0. The fourth-order valence-corrected chi connectivity index (χ4v) is 6.65. The number of hydrogen-bond donors (Lipinski definition) is 6. The molecule has 0 saturated carbocycles. The Morgan fingerprint density at radius 1 is 0.962 bits per heavy atom. The molecule has 0 aliphatic carbocycles. The largest absolute Gasteiger partial charge is 0.506 e. The Morgan fingerprint density at radius 3 is 2.49 bits per heavy atom. The summed E-state index contributed by atoms with van der Waals surface area (Å²) < 4.78 is 6.75. The number of aromatic amines is 1. The van der Waals surface area contributed by atoms with Crippen molar-refractivity contribution >= 4 is 34.4 Å². The molecular formula is C41H47N6O6+. The molecule has 1 atom stereocenters. The predicted molar refractivity (Wildman–Crippen MR) is 206 cm³/mol. The number of aromatic hydroxyl groups is 1. The van der Waals surface area contributed by atoms with Crippen LogP contribution in [0.5, 0.6) is 5.75 Å². The maximum Gasteiger partial charge on any atom is 0.411 e. The molecule has 276 valence electrons. The molecule has 1 aliphatic heterocycles. The third kappa shape index (κ3) is 10.1. The molecule has 3 heterocycles. The zero-order valence-electron chi connectivity index (χ0n) is 30.1. The number of likely N-dealkylation sites (tertiary alicyclic amines) is 1. The van der Waals surface area contributed by atoms with E-state index in [1.54, 1.807) is 24.4 Å². The van der Waals surface area contributed by atoms with Crippen LogP contribution in [-0.4, -0.2) is 76.5 Å². The van der Waals surface area contributed by atoms with Crippen molar-refractivity contribution in [2.75, 3.05) is 44.4 Å². The van der Waals surface area contributed by atoms with Crippen LogP contribution in [0.2, 0.25) is 0 Å². The summed E-state index contributed by atoms with van der Waals surface area (Å²) in [6, 6.07) is 25.5. The first-order valence-corrected chi connectivity index (χ1v) is 18.0. The highest BCUT2D eigenvalue weighted by molar-refractivity contribution is 5.92. The van der Waals surface area contributed by atoms with Gasteiger partial charge in [0.2, 0.25) is 11.5 Å². The lowest BCUT2D eigenvalue weighted by Gasteiger charge is -2.36. The van der Waals surface area contributed by atoms with Gasteiger partial charge in [0.15, 0.2) is 0 Å². The molecule has 0 spiro atoms. The summed E-state index contributed by atoms with van der Waals surface area (Å²) in [6.07, 6.45) is 3.45. The van der Waals surface area contributed by atoms with Crippen molar-refractivity contribution in [1.82, 2.24) is 15.3 Å². The van der Waals surface area contributed by atoms with Gasteiger partial charge in [0.05, 0.1) is 44.5 Å². The van der Waals surface area contributed by atoms with E-state index in [9.17, 15) is 24.6 Å². The number of aliphatic hydroxyl groups is 1. The lowest BCUT2D eigenvalue weighted by molar-refractivity contribution is -0.896. The maximum atomic E-state index is 13.0. The Bertz CT molecular complexity index is 2090. The number of carbonyl (C=O) groups excluding carboxylic acids is 2. The van der Waals surface area contributed by atoms with Crippen molar-refractivity contribution in [1.29, 1.82) is 0 Å². The molecule has 1 fully saturated rings. The lowest BCUT2D eigenvalue weighted by atomic mass is 9.99. The Labute approximate surface area is 308 Å². The van der Waals surface area contributed by atoms with Crippen molar-refractivity contribution in [2.24, 2.45) is 0 Å². The molecule has 53 heavy (non-hydrogen) atoms. The van der Waals surface area contributed by atoms with Crippen LogP contribution in [0.4, 0.5) is 16.3 Å². The summed E-state index contributed by atoms with van der Waals surface area (Å²) in [4.78, 5) is 44.4. The normalized spacial score (nSPS) is 14.8. The van der Waals surface area contributed by atoms with E-state index in [0.717, 1.165) is 52.7 Å². The van der Waals surface area contributed by atoms with Crippen molar-refractivity contribution in [3.8, 4) is 16.9 Å². The highest BCUT2D eigenvalue weighted by atomic mass is 16.6. The minimum atomic E-state index is -0.879. The number of hydrogen-bond acceptors (Lipinski definition) is 8. The predicted octanol–water partition coefficient (Wildman–Crippen LogP) is 5.87. The van der Waals surface area contributed by atoms with E-state index in [-0.39, 0.29) is 35.4 Å². The van der Waals surface area contributed by atoms with E-state index in [2.05, 4.69) is 40.0 Å². The number of amides is 2. The molecule has 12 heteroatoms. The summed E-state index contributed by atoms with van der Waals surface area (Å²) in [5, 5.41) is 30.5. The van der Waals surface area contributed by atoms with E-state index in [4.69, 9.17) is 4.74 Å². The van der Waals surface area contributed by atoms with E-state index in [0.29, 0.717) is 48.3 Å². The minimum absolute atomic E-state index is 0.0611. The van der Waals surface area contributed by atoms with Gasteiger partial charge in [-0.05, 0) is 59.4 Å². The van der Waals surface area contributed by atoms with Crippen LogP contribution in [0.1, 0.15) is 48.5 Å². The number of fused-ring (bicyclic) bond motifs is 1. The second-order valence-electron chi connectivity index (χ2n) is 14.2. The van der Waals surface area contributed by atoms with Crippen molar-refractivity contribution in [2.45, 2.75) is 50.9 Å². The Morgan fingerprint density at radius 2 is 1.74 bits per heavy atom. The number of rotatable bonds is 13. The van der Waals surface area contributed by atoms with Crippen LogP contribution < -0.4 is 21.5 Å². The number of phenolic OH excluding ortho intramolecular Hbond substituents is 1. The van der Waals surface area contributed by atoms with Gasteiger partial charge in [-0.25, -0.2) is 9.78 Å². The third-order valence-corrected chi connectivity index (χ3v) is 9.69. The quantitative estimate of drug-likeness (QED) is 0.0823. The zero-order valence-corrected chi connectivity index (χ0v) is 30.1. The van der Waals surface area contributed by atoms with Gasteiger partial charge in [-0.15, -0.1) is 0 Å². The second-order valence-corrected chi connectivity index (χ2v) is 14.2. The number of quaternary nitrogens is 1. The topological polar surface area (TPSA) is 166 Å². The van der Waals surface area contributed by atoms with Crippen LogP contribution >= 0.6 is 0 Å². The number of aromatic nitrogens is 2. The van der Waals surface area contributed by atoms with Crippen molar-refractivity contribution in [3.63, 3.8) is 0 Å². The highest BCUT2D eigenvalue weighted by Gasteiger charge is 2.28. The molecule has 12 nitrogen and oxygen atoms in total. The maximum absolute atomic E-state index is 13.0. The van der Waals surface area contributed by atoms with Gasteiger partial charge in [0.25, 0.3) is 0 Å². The second kappa shape index (κ2) is 16.8. The molecule has 0 bridgehead atoms. The zero-order chi connectivity index (χ0) is 37.4. The first-order valence-electron chi connectivity index (χ1n) is 18.0. The fraction of sp³-hybridized carbons (Fsp3) is 0.317. The number of benzene rings is 3. The molecule has 6 rings (SSSR count). The summed E-state index contributed by atoms with van der Waals surface area (Å²) in [5.74, 6) is 0.237. The van der Waals surface area contributed by atoms with Crippen LogP contribution in [0.15, 0.2) is 95.9 Å². The SMILES string of the molecule is C[N+]1(C)CCC(OC(=O)Nc2cc(CCCC(=O)Nc3ccc(CNC[C@H](O)c4ccc(O)c5[nH]c(=O)ccc45)cn3)ccc2-c2ccccc2)CC1. The fourth-order valence-electron chi connectivity index (χ4n) is 6.65. The molecule has 1 aliphatic rings. The number of ether oxygens (including phenoxy) is 1. The molecule has 2 aromatic heterocycles. The minimum Gasteiger partial charge on any atom is -0.506 e. The number of piperidine rings is 1. The standard InChI is InChI=1S/C41H46N6O6/c1-47(2)21-19-30(20-22-47)53-41(52)44-34-23-27(11-13-31(34)29-8-4-3-5-9-29)7-6-10-38(50)45-37-17-12-28(25-43-37)24-42-26-36(49)32-14-16-35(48)40-33(32)15-18-39(51)46-40/h3-5,8-9,11-18,23,25,30,36,42,49H,6-7,10,19-22,24,26H2,1-2H3,(H3-,43,44,45,46,48,50,51,52)/p+1/t36-/m0/s1. The van der Waals surface area contributed by atoms with E-state index in [1.165, 1.54) is 12.1 Å². The third-order valence-electron chi connectivity index (χ3n) is 9.69. The molecule has 2 amide bonds. The first kappa shape index (κ1) is 37.2. The summed E-state index contributed by atoms with van der Waals surface area (Å²) in [5.41, 5.74) is 4.95. The summed E-state index contributed by atoms with van der Waals surface area (Å²) in [6.45, 7) is 2.60. The molecule has 0 radical (unpaired) electrons. The van der Waals surface area contributed by atoms with Gasteiger partial charge in [0.1, 0.15) is 17.7 Å². The Hall–Kier alpha value is -5.56. The van der Waals surface area contributed by atoms with Crippen LogP contribution in [0.25, 0.3) is 22.0 Å². The van der Waals surface area contributed by atoms with E-state index in [1.807, 2.05) is 54.6 Å². The van der Waals surface area contributed by atoms with E-state index < -0.39 is 12.2 Å². The highest BCUT2D eigenvalue weighted by Crippen LogP contribution is 2.31. The molecule has 6 N–H and O–H groups in total. The molecule has 5 aromatic rings. The number of aliphatic hydroxyl groups excluding tert-OH is 1. The van der Waals surface area contributed by atoms with Gasteiger partial charge in [-0.3, -0.25) is 14.9 Å². The average molecular weight is 720 g/mol. The van der Waals surface area contributed by atoms with Crippen LogP contribution in [-0.2, 0) is 22.5 Å². The van der Waals surface area contributed by atoms with Crippen LogP contribution in [0, 0.1) is 0 Å². The number of aryl methyl sites for hydroxylation is 1. The number of pyridine rings is 2. The number of H-pyrrole nitrogens is 1.